The number of halogens is 1. The van der Waals surface area contributed by atoms with E-state index in [4.69, 9.17) is 0 Å². The van der Waals surface area contributed by atoms with Crippen LogP contribution in [0.15, 0.2) is 0 Å². The second kappa shape index (κ2) is 8.82. The van der Waals surface area contributed by atoms with Crippen LogP contribution in [-0.4, -0.2) is 25.5 Å². The van der Waals surface area contributed by atoms with Gasteiger partial charge in [-0.05, 0) is 44.7 Å². The number of rotatable bonds is 5. The van der Waals surface area contributed by atoms with E-state index in [2.05, 4.69) is 24.5 Å². The number of nitrogens with one attached hydrogen (secondary N) is 2. The van der Waals surface area contributed by atoms with Gasteiger partial charge in [-0.1, -0.05) is 13.8 Å². The second-order valence-electron chi connectivity index (χ2n) is 4.85. The minimum Gasteiger partial charge on any atom is -0.356 e. The maximum Gasteiger partial charge on any atom is 0.223 e. The molecule has 1 rings (SSSR count). The average molecular weight is 249 g/mol. The maximum absolute atomic E-state index is 11.7. The number of piperidine rings is 1. The maximum atomic E-state index is 11.7. The third kappa shape index (κ3) is 6.33. The van der Waals surface area contributed by atoms with Gasteiger partial charge in [-0.3, -0.25) is 4.79 Å². The molecule has 0 aliphatic carbocycles. The molecule has 1 aliphatic rings. The number of carbonyl (C=O) groups is 1. The van der Waals surface area contributed by atoms with E-state index in [0.717, 1.165) is 44.8 Å². The highest BCUT2D eigenvalue weighted by molar-refractivity contribution is 5.85. The van der Waals surface area contributed by atoms with Crippen molar-refractivity contribution < 1.29 is 4.79 Å². The van der Waals surface area contributed by atoms with Crippen molar-refractivity contribution in [3.05, 3.63) is 0 Å². The summed E-state index contributed by atoms with van der Waals surface area (Å²) in [6, 6.07) is 0. The summed E-state index contributed by atoms with van der Waals surface area (Å²) in [5.74, 6) is 1.26. The summed E-state index contributed by atoms with van der Waals surface area (Å²) in [6.45, 7) is 7.26. The smallest absolute Gasteiger partial charge is 0.223 e. The fraction of sp³-hybridized carbons (Fsp3) is 0.917. The molecule has 0 atom stereocenters. The van der Waals surface area contributed by atoms with Crippen molar-refractivity contribution in [1.29, 1.82) is 0 Å². The molecule has 0 aromatic rings. The van der Waals surface area contributed by atoms with Crippen molar-refractivity contribution in [2.24, 2.45) is 11.8 Å². The lowest BCUT2D eigenvalue weighted by Crippen LogP contribution is -2.38. The lowest BCUT2D eigenvalue weighted by Gasteiger charge is -2.21. The van der Waals surface area contributed by atoms with Gasteiger partial charge in [0.15, 0.2) is 0 Å². The molecule has 2 N–H and O–H groups in total. The van der Waals surface area contributed by atoms with Crippen LogP contribution in [0.4, 0.5) is 0 Å². The van der Waals surface area contributed by atoms with E-state index >= 15 is 0 Å². The first-order valence-corrected chi connectivity index (χ1v) is 6.18. The Labute approximate surface area is 105 Å². The molecular weight excluding hydrogens is 224 g/mol. The van der Waals surface area contributed by atoms with E-state index in [-0.39, 0.29) is 24.2 Å². The van der Waals surface area contributed by atoms with Crippen molar-refractivity contribution in [1.82, 2.24) is 10.6 Å². The SMILES string of the molecule is CC(C)CCCNC(=O)C1CCNCC1.Cl. The molecule has 0 bridgehead atoms. The van der Waals surface area contributed by atoms with E-state index in [0.29, 0.717) is 0 Å². The number of amides is 1. The Hall–Kier alpha value is -0.280. The predicted octanol–water partition coefficient (Wildman–Crippen LogP) is 1.96. The van der Waals surface area contributed by atoms with E-state index < -0.39 is 0 Å². The van der Waals surface area contributed by atoms with Gasteiger partial charge < -0.3 is 10.6 Å². The highest BCUT2D eigenvalue weighted by Crippen LogP contribution is 2.11. The van der Waals surface area contributed by atoms with Crippen LogP contribution in [0.2, 0.25) is 0 Å². The molecule has 4 heteroatoms. The van der Waals surface area contributed by atoms with Gasteiger partial charge in [0.1, 0.15) is 0 Å². The van der Waals surface area contributed by atoms with Gasteiger partial charge in [0.2, 0.25) is 5.91 Å². The van der Waals surface area contributed by atoms with Gasteiger partial charge in [0.05, 0.1) is 0 Å². The summed E-state index contributed by atoms with van der Waals surface area (Å²) in [5.41, 5.74) is 0. The number of carbonyl (C=O) groups excluding carboxylic acids is 1. The normalized spacial score (nSPS) is 16.9. The minimum atomic E-state index is 0. The fourth-order valence-electron chi connectivity index (χ4n) is 1.95. The molecule has 1 aliphatic heterocycles. The van der Waals surface area contributed by atoms with Gasteiger partial charge >= 0.3 is 0 Å². The standard InChI is InChI=1S/C12H24N2O.ClH/c1-10(2)4-3-7-14-12(15)11-5-8-13-9-6-11;/h10-11,13H,3-9H2,1-2H3,(H,14,15);1H. The van der Waals surface area contributed by atoms with Crippen molar-refractivity contribution in [2.75, 3.05) is 19.6 Å². The Morgan fingerprint density at radius 1 is 1.38 bits per heavy atom. The Morgan fingerprint density at radius 3 is 2.56 bits per heavy atom. The zero-order valence-corrected chi connectivity index (χ0v) is 11.2. The molecular formula is C12H25ClN2O. The first-order valence-electron chi connectivity index (χ1n) is 6.18. The molecule has 96 valence electrons. The Morgan fingerprint density at radius 2 is 2.00 bits per heavy atom. The highest BCUT2D eigenvalue weighted by atomic mass is 35.5. The van der Waals surface area contributed by atoms with E-state index in [1.54, 1.807) is 0 Å². The molecule has 16 heavy (non-hydrogen) atoms. The largest absolute Gasteiger partial charge is 0.356 e. The third-order valence-corrected chi connectivity index (χ3v) is 2.97. The quantitative estimate of drug-likeness (QED) is 0.731. The summed E-state index contributed by atoms with van der Waals surface area (Å²) >= 11 is 0. The van der Waals surface area contributed by atoms with Crippen molar-refractivity contribution in [3.63, 3.8) is 0 Å². The zero-order valence-electron chi connectivity index (χ0n) is 10.4. The van der Waals surface area contributed by atoms with Crippen molar-refractivity contribution >= 4 is 18.3 Å². The Bertz CT molecular complexity index is 191. The van der Waals surface area contributed by atoms with Crippen LogP contribution in [0.5, 0.6) is 0 Å². The van der Waals surface area contributed by atoms with Crippen LogP contribution < -0.4 is 10.6 Å². The van der Waals surface area contributed by atoms with Crippen LogP contribution in [0.3, 0.4) is 0 Å². The third-order valence-electron chi connectivity index (χ3n) is 2.97. The van der Waals surface area contributed by atoms with Gasteiger partial charge in [0.25, 0.3) is 0 Å². The molecule has 0 aromatic heterocycles. The molecule has 0 saturated carbocycles. The molecule has 0 radical (unpaired) electrons. The summed E-state index contributed by atoms with van der Waals surface area (Å²) in [5, 5.41) is 6.31. The zero-order chi connectivity index (χ0) is 11.1. The molecule has 0 spiro atoms. The predicted molar refractivity (Wildman–Crippen MR) is 69.9 cm³/mol. The average Bonchev–Trinajstić information content (AvgIpc) is 2.25. The van der Waals surface area contributed by atoms with Crippen molar-refractivity contribution in [3.8, 4) is 0 Å². The topological polar surface area (TPSA) is 41.1 Å². The molecule has 0 unspecified atom stereocenters. The highest BCUT2D eigenvalue weighted by Gasteiger charge is 2.19. The molecule has 0 aromatic carbocycles. The van der Waals surface area contributed by atoms with Gasteiger partial charge in [-0.25, -0.2) is 0 Å². The number of hydrogen-bond acceptors (Lipinski definition) is 2. The van der Waals surface area contributed by atoms with Crippen molar-refractivity contribution in [2.45, 2.75) is 39.5 Å². The van der Waals surface area contributed by atoms with Crippen LogP contribution in [-0.2, 0) is 4.79 Å². The van der Waals surface area contributed by atoms with Crippen LogP contribution >= 0.6 is 12.4 Å². The fourth-order valence-corrected chi connectivity index (χ4v) is 1.95. The Kier molecular flexibility index (Phi) is 8.67. The van der Waals surface area contributed by atoms with E-state index in [1.807, 2.05) is 0 Å². The monoisotopic (exact) mass is 248 g/mol. The molecule has 1 amide bonds. The second-order valence-corrected chi connectivity index (χ2v) is 4.85. The molecule has 1 saturated heterocycles. The molecule has 1 fully saturated rings. The van der Waals surface area contributed by atoms with E-state index in [1.165, 1.54) is 6.42 Å². The summed E-state index contributed by atoms with van der Waals surface area (Å²) in [4.78, 5) is 11.7. The van der Waals surface area contributed by atoms with Crippen LogP contribution in [0.1, 0.15) is 39.5 Å². The Balaban J connectivity index is 0.00000225. The first-order chi connectivity index (χ1) is 7.20. The summed E-state index contributed by atoms with van der Waals surface area (Å²) in [7, 11) is 0. The van der Waals surface area contributed by atoms with Crippen LogP contribution in [0.25, 0.3) is 0 Å². The summed E-state index contributed by atoms with van der Waals surface area (Å²) < 4.78 is 0. The van der Waals surface area contributed by atoms with Gasteiger partial charge in [0, 0.05) is 12.5 Å². The van der Waals surface area contributed by atoms with Gasteiger partial charge in [-0.2, -0.15) is 0 Å². The van der Waals surface area contributed by atoms with Crippen LogP contribution in [0, 0.1) is 11.8 Å². The van der Waals surface area contributed by atoms with E-state index in [9.17, 15) is 4.79 Å². The van der Waals surface area contributed by atoms with Gasteiger partial charge in [-0.15, -0.1) is 12.4 Å². The number of hydrogen-bond donors (Lipinski definition) is 2. The molecule has 1 heterocycles. The lowest BCUT2D eigenvalue weighted by molar-refractivity contribution is -0.125. The summed E-state index contributed by atoms with van der Waals surface area (Å²) in [6.07, 6.45) is 4.30. The molecule has 3 nitrogen and oxygen atoms in total. The lowest BCUT2D eigenvalue weighted by atomic mass is 9.97. The first kappa shape index (κ1) is 15.7. The minimum absolute atomic E-state index is 0.